The molecule has 2 N–H and O–H groups in total. The van der Waals surface area contributed by atoms with Gasteiger partial charge in [0.1, 0.15) is 0 Å². The molecule has 1 saturated heterocycles. The molecule has 12 heavy (non-hydrogen) atoms. The summed E-state index contributed by atoms with van der Waals surface area (Å²) in [4.78, 5) is 2.55. The number of hydrogen-bond donors (Lipinski definition) is 1. The van der Waals surface area contributed by atoms with Gasteiger partial charge < -0.3 is 5.73 Å². The summed E-state index contributed by atoms with van der Waals surface area (Å²) in [7, 11) is 0. The molecule has 2 nitrogen and oxygen atoms in total. The average molecular weight is 170 g/mol. The van der Waals surface area contributed by atoms with Crippen molar-refractivity contribution in [3.8, 4) is 0 Å². The highest BCUT2D eigenvalue weighted by molar-refractivity contribution is 4.87. The molecular formula is C10H22N2. The van der Waals surface area contributed by atoms with Gasteiger partial charge in [0.25, 0.3) is 0 Å². The minimum Gasteiger partial charge on any atom is -0.328 e. The molecule has 0 unspecified atom stereocenters. The lowest BCUT2D eigenvalue weighted by Gasteiger charge is -2.44. The zero-order valence-electron chi connectivity index (χ0n) is 8.80. The van der Waals surface area contributed by atoms with Crippen LogP contribution in [-0.4, -0.2) is 29.1 Å². The Hall–Kier alpha value is -0.0800. The molecule has 0 aromatic heterocycles. The summed E-state index contributed by atoms with van der Waals surface area (Å²) in [6.07, 6.45) is 2.30. The highest BCUT2D eigenvalue weighted by Crippen LogP contribution is 2.24. The summed E-state index contributed by atoms with van der Waals surface area (Å²) in [5.74, 6) is 0. The minimum absolute atomic E-state index is 0.305. The zero-order valence-corrected chi connectivity index (χ0v) is 8.80. The number of nitrogens with zero attached hydrogens (tertiary/aromatic N) is 1. The maximum absolute atomic E-state index is 5.90. The third-order valence-electron chi connectivity index (χ3n) is 2.78. The predicted octanol–water partition coefficient (Wildman–Crippen LogP) is 1.60. The van der Waals surface area contributed by atoms with Gasteiger partial charge in [-0.1, -0.05) is 0 Å². The van der Waals surface area contributed by atoms with E-state index in [-0.39, 0.29) is 0 Å². The molecule has 0 radical (unpaired) electrons. The molecule has 0 aliphatic carbocycles. The number of hydrogen-bond acceptors (Lipinski definition) is 2. The van der Waals surface area contributed by atoms with Crippen molar-refractivity contribution in [3.05, 3.63) is 0 Å². The molecule has 0 amide bonds. The first-order valence-electron chi connectivity index (χ1n) is 4.93. The smallest absolute Gasteiger partial charge is 0.0127 e. The van der Waals surface area contributed by atoms with Crippen molar-refractivity contribution < 1.29 is 0 Å². The van der Waals surface area contributed by atoms with Gasteiger partial charge in [-0.05, 0) is 40.5 Å². The Balaban J connectivity index is 2.57. The number of nitrogens with two attached hydrogens (primary N) is 1. The Morgan fingerprint density at radius 2 is 1.92 bits per heavy atom. The van der Waals surface area contributed by atoms with E-state index in [1.54, 1.807) is 0 Å². The maximum atomic E-state index is 5.90. The van der Waals surface area contributed by atoms with Crippen molar-refractivity contribution in [2.24, 2.45) is 5.73 Å². The van der Waals surface area contributed by atoms with Crippen LogP contribution in [0.4, 0.5) is 0 Å². The van der Waals surface area contributed by atoms with Crippen molar-refractivity contribution in [1.82, 2.24) is 4.90 Å². The Labute approximate surface area is 76.1 Å². The van der Waals surface area contributed by atoms with Crippen LogP contribution < -0.4 is 5.73 Å². The molecule has 1 heterocycles. The van der Waals surface area contributed by atoms with E-state index in [9.17, 15) is 0 Å². The Kier molecular flexibility index (Phi) is 2.79. The van der Waals surface area contributed by atoms with Crippen molar-refractivity contribution in [2.45, 2.75) is 58.2 Å². The highest BCUT2D eigenvalue weighted by atomic mass is 15.2. The summed E-state index contributed by atoms with van der Waals surface area (Å²) in [5.41, 5.74) is 6.21. The summed E-state index contributed by atoms with van der Waals surface area (Å²) in [6, 6.07) is 1.08. The fourth-order valence-corrected chi connectivity index (χ4v) is 2.21. The first-order valence-corrected chi connectivity index (χ1v) is 4.93. The lowest BCUT2D eigenvalue weighted by Crippen LogP contribution is -2.53. The molecule has 0 aromatic carbocycles. The van der Waals surface area contributed by atoms with Gasteiger partial charge >= 0.3 is 0 Å². The van der Waals surface area contributed by atoms with E-state index in [1.165, 1.54) is 0 Å². The van der Waals surface area contributed by atoms with Gasteiger partial charge in [-0.2, -0.15) is 0 Å². The molecule has 0 saturated carbocycles. The van der Waals surface area contributed by atoms with Crippen molar-refractivity contribution in [1.29, 1.82) is 0 Å². The Morgan fingerprint density at radius 3 is 2.33 bits per heavy atom. The van der Waals surface area contributed by atoms with Gasteiger partial charge in [-0.25, -0.2) is 0 Å². The molecule has 1 fully saturated rings. The Morgan fingerprint density at radius 1 is 1.33 bits per heavy atom. The molecule has 1 rings (SSSR count). The zero-order chi connectivity index (χ0) is 9.35. The topological polar surface area (TPSA) is 29.3 Å². The number of likely N-dealkylation sites (tertiary alicyclic amines) is 1. The quantitative estimate of drug-likeness (QED) is 0.598. The highest BCUT2D eigenvalue weighted by Gasteiger charge is 2.30. The van der Waals surface area contributed by atoms with E-state index >= 15 is 0 Å². The lowest BCUT2D eigenvalue weighted by atomic mass is 9.93. The first kappa shape index (κ1) is 10.0. The van der Waals surface area contributed by atoms with Crippen molar-refractivity contribution in [2.75, 3.05) is 6.54 Å². The van der Waals surface area contributed by atoms with Gasteiger partial charge in [0.15, 0.2) is 0 Å². The molecule has 0 spiro atoms. The fraction of sp³-hybridized carbons (Fsp3) is 1.00. The molecule has 72 valence electrons. The van der Waals surface area contributed by atoms with E-state index in [1.807, 2.05) is 0 Å². The molecular weight excluding hydrogens is 148 g/mol. The van der Waals surface area contributed by atoms with E-state index < -0.39 is 0 Å². The standard InChI is InChI=1S/C10H22N2/c1-8-7-9(11)5-6-12(8)10(2,3)4/h8-9H,5-7,11H2,1-4H3/t8-,9-/m1/s1. The van der Waals surface area contributed by atoms with Gasteiger partial charge in [0, 0.05) is 24.2 Å². The second kappa shape index (κ2) is 3.35. The van der Waals surface area contributed by atoms with Crippen molar-refractivity contribution >= 4 is 0 Å². The van der Waals surface area contributed by atoms with Gasteiger partial charge in [-0.15, -0.1) is 0 Å². The molecule has 0 bridgehead atoms. The van der Waals surface area contributed by atoms with E-state index in [4.69, 9.17) is 5.73 Å². The largest absolute Gasteiger partial charge is 0.328 e. The first-order chi connectivity index (χ1) is 5.41. The summed E-state index contributed by atoms with van der Waals surface area (Å²) >= 11 is 0. The molecule has 0 aromatic rings. The van der Waals surface area contributed by atoms with Crippen LogP contribution in [0, 0.1) is 0 Å². The SMILES string of the molecule is C[C@@H]1C[C@H](N)CCN1C(C)(C)C. The monoisotopic (exact) mass is 170 g/mol. The predicted molar refractivity (Wildman–Crippen MR) is 53.1 cm³/mol. The second-order valence-electron chi connectivity index (χ2n) is 5.00. The van der Waals surface area contributed by atoms with Crippen LogP contribution in [0.25, 0.3) is 0 Å². The number of piperidine rings is 1. The fourth-order valence-electron chi connectivity index (χ4n) is 2.21. The van der Waals surface area contributed by atoms with Crippen molar-refractivity contribution in [3.63, 3.8) is 0 Å². The normalized spacial score (nSPS) is 33.8. The van der Waals surface area contributed by atoms with Crippen LogP contribution in [-0.2, 0) is 0 Å². The van der Waals surface area contributed by atoms with E-state index in [2.05, 4.69) is 32.6 Å². The van der Waals surface area contributed by atoms with E-state index in [0.29, 0.717) is 17.6 Å². The molecule has 2 heteroatoms. The van der Waals surface area contributed by atoms with Gasteiger partial charge in [-0.3, -0.25) is 4.90 Å². The van der Waals surface area contributed by atoms with Gasteiger partial charge in [0.2, 0.25) is 0 Å². The molecule has 1 aliphatic rings. The van der Waals surface area contributed by atoms with Crippen LogP contribution in [0.15, 0.2) is 0 Å². The summed E-state index contributed by atoms with van der Waals surface area (Å²) in [5, 5.41) is 0. The second-order valence-corrected chi connectivity index (χ2v) is 5.00. The van der Waals surface area contributed by atoms with Crippen LogP contribution in [0.3, 0.4) is 0 Å². The third-order valence-corrected chi connectivity index (χ3v) is 2.78. The third kappa shape index (κ3) is 2.20. The maximum Gasteiger partial charge on any atom is 0.0127 e. The molecule has 1 aliphatic heterocycles. The van der Waals surface area contributed by atoms with Crippen LogP contribution in [0.2, 0.25) is 0 Å². The summed E-state index contributed by atoms with van der Waals surface area (Å²) in [6.45, 7) is 10.3. The average Bonchev–Trinajstić information content (AvgIpc) is 1.83. The van der Waals surface area contributed by atoms with E-state index in [0.717, 1.165) is 19.4 Å². The lowest BCUT2D eigenvalue weighted by molar-refractivity contribution is 0.0538. The van der Waals surface area contributed by atoms with Gasteiger partial charge in [0.05, 0.1) is 0 Å². The minimum atomic E-state index is 0.305. The summed E-state index contributed by atoms with van der Waals surface area (Å²) < 4.78 is 0. The molecule has 2 atom stereocenters. The van der Waals surface area contributed by atoms with Crippen LogP contribution in [0.5, 0.6) is 0 Å². The Bertz CT molecular complexity index is 148. The number of rotatable bonds is 0. The van der Waals surface area contributed by atoms with Crippen LogP contribution in [0.1, 0.15) is 40.5 Å². The van der Waals surface area contributed by atoms with Crippen LogP contribution >= 0.6 is 0 Å².